The van der Waals surface area contributed by atoms with Crippen molar-refractivity contribution in [3.63, 3.8) is 0 Å². The molecular weight excluding hydrogens is 362 g/mol. The molecule has 1 unspecified atom stereocenters. The van der Waals surface area contributed by atoms with E-state index >= 15 is 0 Å². The van der Waals surface area contributed by atoms with Gasteiger partial charge >= 0.3 is 0 Å². The van der Waals surface area contributed by atoms with Gasteiger partial charge in [0.15, 0.2) is 0 Å². The molecule has 1 aliphatic rings. The van der Waals surface area contributed by atoms with Crippen molar-refractivity contribution >= 4 is 5.91 Å². The van der Waals surface area contributed by atoms with E-state index in [1.54, 1.807) is 18.6 Å². The Morgan fingerprint density at radius 3 is 2.72 bits per heavy atom. The molecule has 0 aliphatic heterocycles. The molecule has 1 amide bonds. The Labute approximate surface area is 171 Å². The van der Waals surface area contributed by atoms with Gasteiger partial charge in [0.25, 0.3) is 0 Å². The summed E-state index contributed by atoms with van der Waals surface area (Å²) in [6, 6.07) is 8.37. The SMILES string of the molecule is Cc1ccc(-n2ncc3c2CC(C)(C)CC3NC(=O)CCc2cnccn2)cc1. The highest BCUT2D eigenvalue weighted by molar-refractivity contribution is 5.76. The topological polar surface area (TPSA) is 72.7 Å². The molecular formula is C23H27N5O. The van der Waals surface area contributed by atoms with Crippen LogP contribution < -0.4 is 5.32 Å². The van der Waals surface area contributed by atoms with Crippen LogP contribution in [0.15, 0.2) is 49.1 Å². The first-order chi connectivity index (χ1) is 13.9. The van der Waals surface area contributed by atoms with Crippen molar-refractivity contribution in [2.24, 2.45) is 5.41 Å². The monoisotopic (exact) mass is 389 g/mol. The summed E-state index contributed by atoms with van der Waals surface area (Å²) in [4.78, 5) is 20.9. The maximum absolute atomic E-state index is 12.6. The molecule has 1 aromatic carbocycles. The number of nitrogens with zero attached hydrogens (tertiary/aromatic N) is 4. The molecule has 29 heavy (non-hydrogen) atoms. The van der Waals surface area contributed by atoms with Gasteiger partial charge < -0.3 is 5.32 Å². The Bertz CT molecular complexity index is 992. The summed E-state index contributed by atoms with van der Waals surface area (Å²) < 4.78 is 2.02. The van der Waals surface area contributed by atoms with Crippen LogP contribution >= 0.6 is 0 Å². The molecule has 1 atom stereocenters. The fraction of sp³-hybridized carbons (Fsp3) is 0.391. The predicted molar refractivity (Wildman–Crippen MR) is 112 cm³/mol. The first kappa shape index (κ1) is 19.3. The zero-order chi connectivity index (χ0) is 20.4. The number of carbonyl (C=O) groups is 1. The minimum absolute atomic E-state index is 0.0256. The minimum atomic E-state index is -0.0256. The summed E-state index contributed by atoms with van der Waals surface area (Å²) in [5.41, 5.74) is 5.51. The highest BCUT2D eigenvalue weighted by atomic mass is 16.1. The third-order valence-electron chi connectivity index (χ3n) is 5.52. The van der Waals surface area contributed by atoms with Gasteiger partial charge in [0, 0.05) is 30.6 Å². The molecule has 0 saturated heterocycles. The molecule has 0 spiro atoms. The summed E-state index contributed by atoms with van der Waals surface area (Å²) in [7, 11) is 0. The van der Waals surface area contributed by atoms with Crippen molar-refractivity contribution in [3.05, 3.63) is 71.6 Å². The molecule has 6 heteroatoms. The fourth-order valence-electron chi connectivity index (χ4n) is 4.05. The molecule has 4 rings (SSSR count). The molecule has 6 nitrogen and oxygen atoms in total. The molecule has 3 aromatic rings. The number of hydrogen-bond acceptors (Lipinski definition) is 4. The molecule has 0 fully saturated rings. The average molecular weight is 390 g/mol. The van der Waals surface area contributed by atoms with Gasteiger partial charge in [-0.25, -0.2) is 4.68 Å². The quantitative estimate of drug-likeness (QED) is 0.722. The second kappa shape index (κ2) is 7.78. The first-order valence-corrected chi connectivity index (χ1v) is 10.1. The highest BCUT2D eigenvalue weighted by Gasteiger charge is 2.35. The van der Waals surface area contributed by atoms with Gasteiger partial charge in [-0.15, -0.1) is 0 Å². The number of fused-ring (bicyclic) bond motifs is 1. The van der Waals surface area contributed by atoms with E-state index in [1.165, 1.54) is 11.3 Å². The van der Waals surface area contributed by atoms with Crippen LogP contribution in [0, 0.1) is 12.3 Å². The second-order valence-corrected chi connectivity index (χ2v) is 8.66. The number of aryl methyl sites for hydroxylation is 2. The molecule has 0 radical (unpaired) electrons. The Kier molecular flexibility index (Phi) is 5.18. The van der Waals surface area contributed by atoms with Crippen LogP contribution in [0.3, 0.4) is 0 Å². The van der Waals surface area contributed by atoms with Crippen molar-refractivity contribution < 1.29 is 4.79 Å². The lowest BCUT2D eigenvalue weighted by Crippen LogP contribution is -2.36. The second-order valence-electron chi connectivity index (χ2n) is 8.66. The van der Waals surface area contributed by atoms with Gasteiger partial charge in [0.05, 0.1) is 29.3 Å². The maximum atomic E-state index is 12.6. The van der Waals surface area contributed by atoms with Gasteiger partial charge in [-0.05, 0) is 43.7 Å². The number of amides is 1. The van der Waals surface area contributed by atoms with Gasteiger partial charge in [-0.1, -0.05) is 31.5 Å². The Morgan fingerprint density at radius 2 is 2.00 bits per heavy atom. The van der Waals surface area contributed by atoms with E-state index in [4.69, 9.17) is 0 Å². The highest BCUT2D eigenvalue weighted by Crippen LogP contribution is 2.41. The summed E-state index contributed by atoms with van der Waals surface area (Å²) in [5, 5.41) is 7.90. The van der Waals surface area contributed by atoms with E-state index in [0.717, 1.165) is 29.8 Å². The van der Waals surface area contributed by atoms with Crippen LogP contribution in [-0.4, -0.2) is 25.7 Å². The minimum Gasteiger partial charge on any atom is -0.349 e. The lowest BCUT2D eigenvalue weighted by atomic mass is 9.74. The lowest BCUT2D eigenvalue weighted by molar-refractivity contribution is -0.122. The normalized spacial score (nSPS) is 17.6. The smallest absolute Gasteiger partial charge is 0.220 e. The third kappa shape index (κ3) is 4.36. The van der Waals surface area contributed by atoms with Gasteiger partial charge in [0.2, 0.25) is 5.91 Å². The van der Waals surface area contributed by atoms with Crippen LogP contribution in [-0.2, 0) is 17.6 Å². The van der Waals surface area contributed by atoms with Crippen molar-refractivity contribution in [1.29, 1.82) is 0 Å². The van der Waals surface area contributed by atoms with E-state index in [9.17, 15) is 4.79 Å². The Balaban J connectivity index is 1.53. The molecule has 150 valence electrons. The number of carbonyl (C=O) groups excluding carboxylic acids is 1. The number of nitrogens with one attached hydrogen (secondary N) is 1. The first-order valence-electron chi connectivity index (χ1n) is 10.1. The van der Waals surface area contributed by atoms with Crippen LogP contribution in [0.4, 0.5) is 0 Å². The number of aromatic nitrogens is 4. The van der Waals surface area contributed by atoms with Gasteiger partial charge in [-0.3, -0.25) is 14.8 Å². The summed E-state index contributed by atoms with van der Waals surface area (Å²) >= 11 is 0. The Morgan fingerprint density at radius 1 is 1.21 bits per heavy atom. The van der Waals surface area contributed by atoms with Gasteiger partial charge in [0.1, 0.15) is 0 Å². The standard InChI is InChI=1S/C23H27N5O/c1-16-4-7-18(8-5-16)28-21-13-23(2,3)12-20(19(21)15-26-28)27-22(29)9-6-17-14-24-10-11-25-17/h4-5,7-8,10-11,14-15,20H,6,9,12-13H2,1-3H3,(H,27,29). The molecule has 0 bridgehead atoms. The average Bonchev–Trinajstić information content (AvgIpc) is 3.10. The lowest BCUT2D eigenvalue weighted by Gasteiger charge is -2.36. The van der Waals surface area contributed by atoms with E-state index in [-0.39, 0.29) is 17.4 Å². The molecule has 0 saturated carbocycles. The fourth-order valence-corrected chi connectivity index (χ4v) is 4.05. The van der Waals surface area contributed by atoms with Crippen LogP contribution in [0.25, 0.3) is 5.69 Å². The molecule has 1 aliphatic carbocycles. The largest absolute Gasteiger partial charge is 0.349 e. The van der Waals surface area contributed by atoms with Crippen LogP contribution in [0.5, 0.6) is 0 Å². The van der Waals surface area contributed by atoms with Crippen LogP contribution in [0.1, 0.15) is 55.2 Å². The third-order valence-corrected chi connectivity index (χ3v) is 5.52. The van der Waals surface area contributed by atoms with Crippen LogP contribution in [0.2, 0.25) is 0 Å². The Hall–Kier alpha value is -3.02. The number of rotatable bonds is 5. The number of hydrogen-bond donors (Lipinski definition) is 1. The summed E-state index contributed by atoms with van der Waals surface area (Å²) in [6.07, 6.45) is 9.74. The van der Waals surface area contributed by atoms with E-state index < -0.39 is 0 Å². The molecule has 2 heterocycles. The zero-order valence-electron chi connectivity index (χ0n) is 17.2. The zero-order valence-corrected chi connectivity index (χ0v) is 17.2. The van der Waals surface area contributed by atoms with Gasteiger partial charge in [-0.2, -0.15) is 5.10 Å². The van der Waals surface area contributed by atoms with E-state index in [0.29, 0.717) is 12.8 Å². The number of benzene rings is 1. The van der Waals surface area contributed by atoms with Crippen molar-refractivity contribution in [2.75, 3.05) is 0 Å². The maximum Gasteiger partial charge on any atom is 0.220 e. The van der Waals surface area contributed by atoms with E-state index in [1.807, 2.05) is 10.9 Å². The summed E-state index contributed by atoms with van der Waals surface area (Å²) in [6.45, 7) is 6.58. The van der Waals surface area contributed by atoms with Crippen molar-refractivity contribution in [2.45, 2.75) is 52.5 Å². The molecule has 1 N–H and O–H groups in total. The molecule has 2 aromatic heterocycles. The van der Waals surface area contributed by atoms with Crippen molar-refractivity contribution in [3.8, 4) is 5.69 Å². The van der Waals surface area contributed by atoms with E-state index in [2.05, 4.69) is 65.4 Å². The van der Waals surface area contributed by atoms with Crippen molar-refractivity contribution in [1.82, 2.24) is 25.1 Å². The predicted octanol–water partition coefficient (Wildman–Crippen LogP) is 3.73. The summed E-state index contributed by atoms with van der Waals surface area (Å²) in [5.74, 6) is 0.0346.